The summed E-state index contributed by atoms with van der Waals surface area (Å²) in [5.74, 6) is -0.453. The number of ketones is 1. The van der Waals surface area contributed by atoms with Crippen molar-refractivity contribution < 1.29 is 9.18 Å². The van der Waals surface area contributed by atoms with E-state index >= 15 is 0 Å². The number of hydrogen-bond donors (Lipinski definition) is 1. The first-order valence-corrected chi connectivity index (χ1v) is 9.46. The Bertz CT molecular complexity index is 1220. The second-order valence-electron chi connectivity index (χ2n) is 7.10. The number of aromatic nitrogens is 4. The summed E-state index contributed by atoms with van der Waals surface area (Å²) in [5, 5.41) is 9.70. The van der Waals surface area contributed by atoms with E-state index in [1.807, 2.05) is 23.0 Å². The number of carbonyl (C=O) groups is 1. The number of benzene rings is 1. The van der Waals surface area contributed by atoms with Gasteiger partial charge in [-0.25, -0.2) is 4.39 Å². The summed E-state index contributed by atoms with van der Waals surface area (Å²) >= 11 is 0. The summed E-state index contributed by atoms with van der Waals surface area (Å²) in [7, 11) is 0. The summed E-state index contributed by atoms with van der Waals surface area (Å²) in [6, 6.07) is 9.50. The summed E-state index contributed by atoms with van der Waals surface area (Å²) < 4.78 is 15.1. The zero-order chi connectivity index (χ0) is 19.8. The lowest BCUT2D eigenvalue weighted by atomic mass is 10.0. The van der Waals surface area contributed by atoms with Crippen LogP contribution in [-0.4, -0.2) is 32.1 Å². The summed E-state index contributed by atoms with van der Waals surface area (Å²) in [4.78, 5) is 21.5. The van der Waals surface area contributed by atoms with E-state index in [9.17, 15) is 9.18 Å². The molecule has 0 atom stereocenters. The van der Waals surface area contributed by atoms with Crippen molar-refractivity contribution in [3.8, 4) is 11.3 Å². The van der Waals surface area contributed by atoms with Gasteiger partial charge < -0.3 is 5.32 Å². The van der Waals surface area contributed by atoms with E-state index in [-0.39, 0.29) is 18.0 Å². The molecule has 0 spiro atoms. The molecule has 0 aliphatic carbocycles. The predicted octanol–water partition coefficient (Wildman–Crippen LogP) is 3.16. The van der Waals surface area contributed by atoms with Crippen LogP contribution in [-0.2, 0) is 19.5 Å². The molecular formula is C22H18FN5O. The van der Waals surface area contributed by atoms with Crippen molar-refractivity contribution in [3.63, 3.8) is 0 Å². The molecule has 0 unspecified atom stereocenters. The molecule has 0 fully saturated rings. The predicted molar refractivity (Wildman–Crippen MR) is 107 cm³/mol. The fourth-order valence-electron chi connectivity index (χ4n) is 3.63. The highest BCUT2D eigenvalue weighted by Crippen LogP contribution is 2.26. The Hall–Kier alpha value is -3.45. The van der Waals surface area contributed by atoms with Crippen LogP contribution in [0.3, 0.4) is 0 Å². The van der Waals surface area contributed by atoms with Gasteiger partial charge in [-0.15, -0.1) is 0 Å². The van der Waals surface area contributed by atoms with Crippen molar-refractivity contribution in [2.24, 2.45) is 0 Å². The van der Waals surface area contributed by atoms with Gasteiger partial charge in [-0.1, -0.05) is 0 Å². The maximum Gasteiger partial charge on any atom is 0.168 e. The Morgan fingerprint density at radius 3 is 2.76 bits per heavy atom. The number of hydrogen-bond acceptors (Lipinski definition) is 5. The Morgan fingerprint density at radius 1 is 1.07 bits per heavy atom. The lowest BCUT2D eigenvalue weighted by Gasteiger charge is -2.16. The van der Waals surface area contributed by atoms with Gasteiger partial charge in [0, 0.05) is 47.7 Å². The van der Waals surface area contributed by atoms with Gasteiger partial charge in [0.05, 0.1) is 30.6 Å². The first-order chi connectivity index (χ1) is 14.2. The third-order valence-electron chi connectivity index (χ3n) is 5.19. The molecule has 0 bridgehead atoms. The normalized spacial score (nSPS) is 13.4. The molecule has 0 saturated heterocycles. The van der Waals surface area contributed by atoms with Crippen LogP contribution in [0.2, 0.25) is 0 Å². The minimum Gasteiger partial charge on any atom is -0.309 e. The third-order valence-corrected chi connectivity index (χ3v) is 5.19. The van der Waals surface area contributed by atoms with Gasteiger partial charge in [0.15, 0.2) is 5.78 Å². The SMILES string of the molecule is O=C(Cc1cc2cc(-c3cnn4c3CNCC4)ncc2cn1)c1ccc(F)cc1. The average Bonchev–Trinajstić information content (AvgIpc) is 3.18. The van der Waals surface area contributed by atoms with Crippen molar-refractivity contribution >= 4 is 16.6 Å². The van der Waals surface area contributed by atoms with E-state index in [0.717, 1.165) is 47.4 Å². The van der Waals surface area contributed by atoms with Gasteiger partial charge >= 0.3 is 0 Å². The molecule has 1 aromatic carbocycles. The van der Waals surface area contributed by atoms with Crippen LogP contribution in [0.15, 0.2) is 55.0 Å². The Balaban J connectivity index is 1.46. The number of Topliss-reactive ketones (excluding diaryl/α,β-unsaturated/α-hetero) is 1. The van der Waals surface area contributed by atoms with Crippen molar-refractivity contribution in [1.29, 1.82) is 0 Å². The lowest BCUT2D eigenvalue weighted by molar-refractivity contribution is 0.0992. The molecule has 4 aromatic rings. The van der Waals surface area contributed by atoms with Gasteiger partial charge in [0.1, 0.15) is 5.82 Å². The lowest BCUT2D eigenvalue weighted by Crippen LogP contribution is -2.28. The molecular weight excluding hydrogens is 369 g/mol. The van der Waals surface area contributed by atoms with Crippen LogP contribution in [0.25, 0.3) is 22.0 Å². The minimum atomic E-state index is -0.358. The number of rotatable bonds is 4. The fourth-order valence-corrected chi connectivity index (χ4v) is 3.63. The third kappa shape index (κ3) is 3.40. The van der Waals surface area contributed by atoms with E-state index in [0.29, 0.717) is 11.3 Å². The maximum atomic E-state index is 13.1. The van der Waals surface area contributed by atoms with Crippen LogP contribution in [0.5, 0.6) is 0 Å². The number of nitrogens with one attached hydrogen (secondary N) is 1. The van der Waals surface area contributed by atoms with Crippen LogP contribution < -0.4 is 5.32 Å². The molecule has 0 saturated carbocycles. The van der Waals surface area contributed by atoms with E-state index in [4.69, 9.17) is 0 Å². The monoisotopic (exact) mass is 387 g/mol. The minimum absolute atomic E-state index is 0.0945. The molecule has 29 heavy (non-hydrogen) atoms. The van der Waals surface area contributed by atoms with E-state index in [1.54, 1.807) is 12.4 Å². The summed E-state index contributed by atoms with van der Waals surface area (Å²) in [6.07, 6.45) is 5.54. The van der Waals surface area contributed by atoms with Gasteiger partial charge in [0.2, 0.25) is 0 Å². The second kappa shape index (κ2) is 7.18. The highest BCUT2D eigenvalue weighted by Gasteiger charge is 2.17. The molecule has 1 N–H and O–H groups in total. The highest BCUT2D eigenvalue weighted by molar-refractivity contribution is 5.97. The number of fused-ring (bicyclic) bond motifs is 2. The largest absolute Gasteiger partial charge is 0.309 e. The Morgan fingerprint density at radius 2 is 1.90 bits per heavy atom. The van der Waals surface area contributed by atoms with E-state index in [1.165, 1.54) is 24.3 Å². The van der Waals surface area contributed by atoms with E-state index in [2.05, 4.69) is 20.4 Å². The first-order valence-electron chi connectivity index (χ1n) is 9.46. The molecule has 4 heterocycles. The Labute approximate surface area is 166 Å². The van der Waals surface area contributed by atoms with Gasteiger partial charge in [0.25, 0.3) is 0 Å². The van der Waals surface area contributed by atoms with Gasteiger partial charge in [-0.2, -0.15) is 5.10 Å². The zero-order valence-corrected chi connectivity index (χ0v) is 15.6. The molecule has 5 rings (SSSR count). The molecule has 0 radical (unpaired) electrons. The van der Waals surface area contributed by atoms with Crippen LogP contribution in [0, 0.1) is 5.82 Å². The van der Waals surface area contributed by atoms with Crippen molar-refractivity contribution in [3.05, 3.63) is 77.8 Å². The Kier molecular flexibility index (Phi) is 4.37. The van der Waals surface area contributed by atoms with Crippen LogP contribution in [0.4, 0.5) is 4.39 Å². The van der Waals surface area contributed by atoms with Gasteiger partial charge in [-0.3, -0.25) is 19.4 Å². The van der Waals surface area contributed by atoms with Crippen LogP contribution >= 0.6 is 0 Å². The second-order valence-corrected chi connectivity index (χ2v) is 7.10. The average molecular weight is 387 g/mol. The molecule has 1 aliphatic heterocycles. The highest BCUT2D eigenvalue weighted by atomic mass is 19.1. The van der Waals surface area contributed by atoms with Gasteiger partial charge in [-0.05, 0) is 41.8 Å². The van der Waals surface area contributed by atoms with E-state index < -0.39 is 0 Å². The number of nitrogens with zero attached hydrogens (tertiary/aromatic N) is 4. The first kappa shape index (κ1) is 17.6. The molecule has 0 amide bonds. The smallest absolute Gasteiger partial charge is 0.168 e. The molecule has 3 aromatic heterocycles. The number of halogens is 1. The van der Waals surface area contributed by atoms with Crippen LogP contribution in [0.1, 0.15) is 21.7 Å². The molecule has 144 valence electrons. The number of carbonyl (C=O) groups excluding carboxylic acids is 1. The van der Waals surface area contributed by atoms with Crippen molar-refractivity contribution in [1.82, 2.24) is 25.1 Å². The topological polar surface area (TPSA) is 72.7 Å². The standard InChI is InChI=1S/C22H18FN5O/c23-17-3-1-14(2-4-17)22(29)9-18-7-15-8-20(26-11-16(15)10-25-18)19-12-27-28-6-5-24-13-21(19)28/h1-4,7-8,10-12,24H,5-6,9,13H2. The molecule has 1 aliphatic rings. The maximum absolute atomic E-state index is 13.1. The fraction of sp³-hybridized carbons (Fsp3) is 0.182. The molecule has 7 heteroatoms. The number of pyridine rings is 2. The molecule has 6 nitrogen and oxygen atoms in total. The van der Waals surface area contributed by atoms with Crippen molar-refractivity contribution in [2.45, 2.75) is 19.5 Å². The quantitative estimate of drug-likeness (QED) is 0.545. The van der Waals surface area contributed by atoms with Crippen molar-refractivity contribution in [2.75, 3.05) is 6.54 Å². The summed E-state index contributed by atoms with van der Waals surface area (Å²) in [5.41, 5.74) is 4.14. The summed E-state index contributed by atoms with van der Waals surface area (Å²) in [6.45, 7) is 2.53. The zero-order valence-electron chi connectivity index (χ0n) is 15.6.